The van der Waals surface area contributed by atoms with Gasteiger partial charge in [-0.2, -0.15) is 13.2 Å². The number of rotatable bonds is 1. The lowest BCUT2D eigenvalue weighted by Gasteiger charge is -2.54. The first-order valence-corrected chi connectivity index (χ1v) is 11.0. The number of benzene rings is 2. The van der Waals surface area contributed by atoms with Crippen LogP contribution in [0.25, 0.3) is 0 Å². The van der Waals surface area contributed by atoms with Gasteiger partial charge < -0.3 is 14.4 Å². The second-order valence-electron chi connectivity index (χ2n) is 9.51. The van der Waals surface area contributed by atoms with E-state index in [9.17, 15) is 22.8 Å². The zero-order valence-corrected chi connectivity index (χ0v) is 18.3. The summed E-state index contributed by atoms with van der Waals surface area (Å²) < 4.78 is 51.3. The molecule has 8 heteroatoms. The molecule has 0 radical (unpaired) electrons. The molecule has 5 rings (SSSR count). The van der Waals surface area contributed by atoms with E-state index in [-0.39, 0.29) is 12.3 Å². The molecule has 0 aliphatic carbocycles. The maximum Gasteiger partial charge on any atom is 0.416 e. The molecule has 3 heterocycles. The SMILES string of the molecule is CC1(C)OC(=O)C2(Cc3cc(C(F)(F)F)ccc3N3CCC(c4ccccc4)CC32)C(=O)O1. The summed E-state index contributed by atoms with van der Waals surface area (Å²) in [5, 5.41) is 0. The monoisotopic (exact) mass is 459 g/mol. The van der Waals surface area contributed by atoms with Crippen molar-refractivity contribution in [3.8, 4) is 0 Å². The fourth-order valence-corrected chi connectivity index (χ4v) is 5.50. The van der Waals surface area contributed by atoms with E-state index < -0.39 is 40.9 Å². The quantitative estimate of drug-likeness (QED) is 0.451. The Hall–Kier alpha value is -3.03. The standard InChI is InChI=1S/C25H24F3NO4/c1-23(2)32-21(30)24(22(31)33-23)14-17-12-18(25(26,27)28)8-9-19(17)29-11-10-16(13-20(24)29)15-6-4-3-5-7-15/h3-9,12,16,20H,10-11,13-14H2,1-2H3. The molecule has 0 amide bonds. The Bertz CT molecular complexity index is 1090. The number of hydrogen-bond donors (Lipinski definition) is 0. The number of carbonyl (C=O) groups is 2. The predicted octanol–water partition coefficient (Wildman–Crippen LogP) is 4.84. The fourth-order valence-electron chi connectivity index (χ4n) is 5.50. The van der Waals surface area contributed by atoms with Crippen molar-refractivity contribution in [3.05, 3.63) is 65.2 Å². The van der Waals surface area contributed by atoms with Gasteiger partial charge >= 0.3 is 18.1 Å². The van der Waals surface area contributed by atoms with Crippen molar-refractivity contribution in [1.29, 1.82) is 0 Å². The smallest absolute Gasteiger partial charge is 0.416 e. The molecule has 1 spiro atoms. The molecule has 2 aromatic carbocycles. The highest BCUT2D eigenvalue weighted by atomic mass is 19.4. The van der Waals surface area contributed by atoms with Crippen LogP contribution < -0.4 is 4.90 Å². The minimum absolute atomic E-state index is 0.0934. The molecule has 0 N–H and O–H groups in total. The number of halogens is 3. The Morgan fingerprint density at radius 3 is 2.30 bits per heavy atom. The molecule has 33 heavy (non-hydrogen) atoms. The highest BCUT2D eigenvalue weighted by molar-refractivity contribution is 6.04. The summed E-state index contributed by atoms with van der Waals surface area (Å²) in [4.78, 5) is 28.7. The van der Waals surface area contributed by atoms with Crippen LogP contribution in [-0.4, -0.2) is 30.3 Å². The van der Waals surface area contributed by atoms with Gasteiger partial charge in [0, 0.05) is 32.5 Å². The maximum absolute atomic E-state index is 13.4. The average Bonchev–Trinajstić information content (AvgIpc) is 2.76. The largest absolute Gasteiger partial charge is 0.422 e. The third-order valence-electron chi connectivity index (χ3n) is 7.03. The van der Waals surface area contributed by atoms with Gasteiger partial charge in [0.1, 0.15) is 0 Å². The van der Waals surface area contributed by atoms with Gasteiger partial charge in [-0.1, -0.05) is 30.3 Å². The molecule has 174 valence electrons. The fraction of sp³-hybridized carbons (Fsp3) is 0.440. The van der Waals surface area contributed by atoms with E-state index >= 15 is 0 Å². The molecule has 0 saturated carbocycles. The van der Waals surface area contributed by atoms with E-state index in [0.29, 0.717) is 24.2 Å². The van der Waals surface area contributed by atoms with Gasteiger partial charge in [-0.25, -0.2) is 0 Å². The Morgan fingerprint density at radius 2 is 1.67 bits per heavy atom. The number of hydrogen-bond acceptors (Lipinski definition) is 5. The summed E-state index contributed by atoms with van der Waals surface area (Å²) in [5.41, 5.74) is -0.515. The maximum atomic E-state index is 13.4. The Morgan fingerprint density at radius 1 is 1.00 bits per heavy atom. The highest BCUT2D eigenvalue weighted by Crippen LogP contribution is 2.52. The first kappa shape index (κ1) is 21.8. The minimum Gasteiger partial charge on any atom is -0.422 e. The van der Waals surface area contributed by atoms with Gasteiger partial charge in [0.15, 0.2) is 5.41 Å². The van der Waals surface area contributed by atoms with Gasteiger partial charge in [-0.3, -0.25) is 9.59 Å². The first-order chi connectivity index (χ1) is 15.5. The van der Waals surface area contributed by atoms with Crippen molar-refractivity contribution in [3.63, 3.8) is 0 Å². The second kappa shape index (κ2) is 7.23. The lowest BCUT2D eigenvalue weighted by molar-refractivity contribution is -0.253. The van der Waals surface area contributed by atoms with Crippen LogP contribution in [-0.2, 0) is 31.7 Å². The number of carbonyl (C=O) groups excluding carboxylic acids is 2. The molecule has 2 fully saturated rings. The summed E-state index contributed by atoms with van der Waals surface area (Å²) in [5.74, 6) is -2.81. The van der Waals surface area contributed by atoms with Gasteiger partial charge in [0.2, 0.25) is 0 Å². The highest BCUT2D eigenvalue weighted by Gasteiger charge is 2.64. The summed E-state index contributed by atoms with van der Waals surface area (Å²) in [6, 6.07) is 12.8. The molecular weight excluding hydrogens is 435 g/mol. The van der Waals surface area contributed by atoms with E-state index in [2.05, 4.69) is 0 Å². The zero-order chi connectivity index (χ0) is 23.6. The number of nitrogens with zero attached hydrogens (tertiary/aromatic N) is 1. The van der Waals surface area contributed by atoms with Crippen molar-refractivity contribution >= 4 is 17.6 Å². The summed E-state index contributed by atoms with van der Waals surface area (Å²) in [6.07, 6.45) is -3.50. The number of alkyl halides is 3. The van der Waals surface area contributed by atoms with Crippen LogP contribution in [0.2, 0.25) is 0 Å². The van der Waals surface area contributed by atoms with Crippen molar-refractivity contribution in [1.82, 2.24) is 0 Å². The zero-order valence-electron chi connectivity index (χ0n) is 18.3. The summed E-state index contributed by atoms with van der Waals surface area (Å²) in [6.45, 7) is 3.44. The number of cyclic esters (lactones) is 2. The molecule has 3 aliphatic rings. The van der Waals surface area contributed by atoms with E-state index in [1.807, 2.05) is 35.2 Å². The van der Waals surface area contributed by atoms with Crippen LogP contribution in [0.5, 0.6) is 0 Å². The molecule has 0 aromatic heterocycles. The minimum atomic E-state index is -4.53. The van der Waals surface area contributed by atoms with Crippen LogP contribution in [0.1, 0.15) is 49.3 Å². The van der Waals surface area contributed by atoms with E-state index in [1.54, 1.807) is 0 Å². The van der Waals surface area contributed by atoms with Crippen LogP contribution in [0.3, 0.4) is 0 Å². The second-order valence-corrected chi connectivity index (χ2v) is 9.51. The van der Waals surface area contributed by atoms with Crippen LogP contribution in [0, 0.1) is 5.41 Å². The molecular formula is C25H24F3NO4. The molecule has 5 nitrogen and oxygen atoms in total. The molecule has 2 atom stereocenters. The van der Waals surface area contributed by atoms with Gasteiger partial charge in [0.05, 0.1) is 11.6 Å². The lowest BCUT2D eigenvalue weighted by Crippen LogP contribution is -2.67. The predicted molar refractivity (Wildman–Crippen MR) is 113 cm³/mol. The van der Waals surface area contributed by atoms with Crippen LogP contribution in [0.4, 0.5) is 18.9 Å². The molecule has 0 bridgehead atoms. The molecule has 2 aromatic rings. The van der Waals surface area contributed by atoms with Gasteiger partial charge in [-0.05, 0) is 48.1 Å². The summed E-state index contributed by atoms with van der Waals surface area (Å²) >= 11 is 0. The van der Waals surface area contributed by atoms with Gasteiger partial charge in [-0.15, -0.1) is 0 Å². The molecule has 2 unspecified atom stereocenters. The first-order valence-electron chi connectivity index (χ1n) is 11.0. The van der Waals surface area contributed by atoms with Gasteiger partial charge in [0.25, 0.3) is 5.79 Å². The number of ether oxygens (including phenoxy) is 2. The van der Waals surface area contributed by atoms with Crippen molar-refractivity contribution in [2.24, 2.45) is 5.41 Å². The normalized spacial score (nSPS) is 25.7. The van der Waals surface area contributed by atoms with Crippen LogP contribution >= 0.6 is 0 Å². The third-order valence-corrected chi connectivity index (χ3v) is 7.03. The number of esters is 2. The van der Waals surface area contributed by atoms with Crippen molar-refractivity contribution < 1.29 is 32.2 Å². The van der Waals surface area contributed by atoms with Crippen molar-refractivity contribution in [2.75, 3.05) is 11.4 Å². The number of fused-ring (bicyclic) bond motifs is 4. The lowest BCUT2D eigenvalue weighted by atomic mass is 9.65. The van der Waals surface area contributed by atoms with Crippen LogP contribution in [0.15, 0.2) is 48.5 Å². The van der Waals surface area contributed by atoms with E-state index in [0.717, 1.165) is 24.1 Å². The topological polar surface area (TPSA) is 55.8 Å². The van der Waals surface area contributed by atoms with E-state index in [1.165, 1.54) is 19.9 Å². The Kier molecular flexibility index (Phi) is 4.78. The number of piperidine rings is 1. The third kappa shape index (κ3) is 3.47. The number of anilines is 1. The van der Waals surface area contributed by atoms with E-state index in [4.69, 9.17) is 9.47 Å². The Balaban J connectivity index is 1.62. The Labute approximate surface area is 189 Å². The molecule has 2 saturated heterocycles. The van der Waals surface area contributed by atoms with Crippen molar-refractivity contribution in [2.45, 2.75) is 57.0 Å². The summed E-state index contributed by atoms with van der Waals surface area (Å²) in [7, 11) is 0. The molecule has 3 aliphatic heterocycles. The average molecular weight is 459 g/mol.